The first-order chi connectivity index (χ1) is 20.0. The van der Waals surface area contributed by atoms with Crippen LogP contribution < -0.4 is 0 Å². The van der Waals surface area contributed by atoms with Gasteiger partial charge in [0.05, 0.1) is 6.04 Å². The molecule has 1 N–H and O–H groups in total. The summed E-state index contributed by atoms with van der Waals surface area (Å²) in [6, 6.07) is 26.8. The summed E-state index contributed by atoms with van der Waals surface area (Å²) in [6.45, 7) is 7.34. The number of rotatable bonds is 5. The summed E-state index contributed by atoms with van der Waals surface area (Å²) in [5.41, 5.74) is 6.90. The Morgan fingerprint density at radius 1 is 0.878 bits per heavy atom. The van der Waals surface area contributed by atoms with Gasteiger partial charge in [0.15, 0.2) is 0 Å². The largest absolute Gasteiger partial charge is 0.356 e. The molecule has 0 spiro atoms. The summed E-state index contributed by atoms with van der Waals surface area (Å²) >= 11 is 0. The highest BCUT2D eigenvalue weighted by atomic mass is 16.2. The smallest absolute Gasteiger partial charge is 0.246 e. The van der Waals surface area contributed by atoms with Crippen LogP contribution in [0.2, 0.25) is 0 Å². The Labute approximate surface area is 241 Å². The third-order valence-electron chi connectivity index (χ3n) is 9.46. The molecule has 3 aromatic carbocycles. The number of hydrogen-bond donors (Lipinski definition) is 1. The third kappa shape index (κ3) is 4.64. The Balaban J connectivity index is 1.18. The van der Waals surface area contributed by atoms with Gasteiger partial charge in [0, 0.05) is 48.7 Å². The summed E-state index contributed by atoms with van der Waals surface area (Å²) in [4.78, 5) is 38.2. The van der Waals surface area contributed by atoms with Gasteiger partial charge in [-0.25, -0.2) is 0 Å². The number of nitrogens with zero attached hydrogens (tertiary/aromatic N) is 3. The van der Waals surface area contributed by atoms with E-state index in [2.05, 4.69) is 90.5 Å². The number of benzene rings is 3. The Hall–Kier alpha value is -3.90. The highest BCUT2D eigenvalue weighted by Crippen LogP contribution is 2.43. The van der Waals surface area contributed by atoms with Crippen LogP contribution in [-0.4, -0.2) is 63.2 Å². The highest BCUT2D eigenvalue weighted by molar-refractivity contribution is 5.97. The lowest BCUT2D eigenvalue weighted by molar-refractivity contribution is -0.161. The van der Waals surface area contributed by atoms with Gasteiger partial charge in [-0.15, -0.1) is 0 Å². The minimum absolute atomic E-state index is 0.0450. The van der Waals surface area contributed by atoms with Crippen molar-refractivity contribution in [3.05, 3.63) is 107 Å². The Morgan fingerprint density at radius 2 is 1.59 bits per heavy atom. The molecule has 0 saturated carbocycles. The van der Waals surface area contributed by atoms with Crippen molar-refractivity contribution in [2.45, 2.75) is 63.7 Å². The van der Waals surface area contributed by atoms with Crippen molar-refractivity contribution < 1.29 is 9.59 Å². The van der Waals surface area contributed by atoms with Gasteiger partial charge in [-0.1, -0.05) is 86.6 Å². The van der Waals surface area contributed by atoms with Crippen LogP contribution in [0.25, 0.3) is 10.9 Å². The van der Waals surface area contributed by atoms with Crippen LogP contribution >= 0.6 is 0 Å². The molecule has 2 atom stereocenters. The van der Waals surface area contributed by atoms with Crippen molar-refractivity contribution in [3.63, 3.8) is 0 Å². The number of carbonyl (C=O) groups excluding carboxylic acids is 2. The van der Waals surface area contributed by atoms with Crippen molar-refractivity contribution >= 4 is 22.7 Å². The summed E-state index contributed by atoms with van der Waals surface area (Å²) in [6.07, 6.45) is 2.35. The monoisotopic (exact) mass is 546 g/mol. The standard InChI is InChI=1S/C35H38N4O2/c1-23(2)25-12-14-26(15-13-25)34-33-29(28-10-6-7-11-30(28)36-33)20-31-35(41)38(22-32(40)39(31)34)27-16-18-37(19-17-27)21-24-8-4-3-5-9-24/h3-15,23,27,31,34,36H,16-22H2,1-2H3/t31-,34+/m0/s1. The molecule has 4 aromatic rings. The van der Waals surface area contributed by atoms with E-state index in [1.807, 2.05) is 21.9 Å². The number of nitrogens with one attached hydrogen (secondary N) is 1. The van der Waals surface area contributed by atoms with E-state index in [0.29, 0.717) is 12.3 Å². The molecule has 3 aliphatic heterocycles. The van der Waals surface area contributed by atoms with Gasteiger partial charge in [-0.05, 0) is 47.1 Å². The maximum atomic E-state index is 14.3. The molecule has 0 aliphatic carbocycles. The molecule has 2 saturated heterocycles. The van der Waals surface area contributed by atoms with Crippen LogP contribution in [0.4, 0.5) is 0 Å². The normalized spacial score (nSPS) is 21.9. The average Bonchev–Trinajstić information content (AvgIpc) is 3.37. The minimum atomic E-state index is -0.486. The third-order valence-corrected chi connectivity index (χ3v) is 9.46. The van der Waals surface area contributed by atoms with Gasteiger partial charge in [0.2, 0.25) is 11.8 Å². The number of fused-ring (bicyclic) bond motifs is 4. The van der Waals surface area contributed by atoms with E-state index in [4.69, 9.17) is 0 Å². The number of aromatic amines is 1. The first-order valence-electron chi connectivity index (χ1n) is 15.0. The average molecular weight is 547 g/mol. The molecule has 41 heavy (non-hydrogen) atoms. The second-order valence-corrected chi connectivity index (χ2v) is 12.3. The van der Waals surface area contributed by atoms with Crippen molar-refractivity contribution in [2.75, 3.05) is 19.6 Å². The van der Waals surface area contributed by atoms with E-state index in [1.165, 1.54) is 16.7 Å². The number of aromatic nitrogens is 1. The zero-order valence-corrected chi connectivity index (χ0v) is 23.9. The molecule has 7 rings (SSSR count). The topological polar surface area (TPSA) is 59.7 Å². The maximum absolute atomic E-state index is 14.3. The molecule has 2 fully saturated rings. The van der Waals surface area contributed by atoms with Crippen molar-refractivity contribution in [2.24, 2.45) is 0 Å². The Morgan fingerprint density at radius 3 is 2.32 bits per heavy atom. The number of para-hydroxylation sites is 1. The number of amides is 2. The van der Waals surface area contributed by atoms with Crippen LogP contribution in [0.5, 0.6) is 0 Å². The van der Waals surface area contributed by atoms with Crippen LogP contribution in [-0.2, 0) is 22.6 Å². The number of piperidine rings is 1. The molecule has 6 nitrogen and oxygen atoms in total. The predicted octanol–water partition coefficient (Wildman–Crippen LogP) is 5.64. The van der Waals surface area contributed by atoms with E-state index in [9.17, 15) is 9.59 Å². The van der Waals surface area contributed by atoms with Crippen LogP contribution in [0.15, 0.2) is 78.9 Å². The Bertz CT molecular complexity index is 1570. The van der Waals surface area contributed by atoms with Gasteiger partial charge in [0.25, 0.3) is 0 Å². The van der Waals surface area contributed by atoms with Gasteiger partial charge >= 0.3 is 0 Å². The molecular weight excluding hydrogens is 508 g/mol. The molecule has 0 bridgehead atoms. The lowest BCUT2D eigenvalue weighted by Crippen LogP contribution is -2.65. The molecular formula is C35H38N4O2. The fourth-order valence-electron chi connectivity index (χ4n) is 7.24. The van der Waals surface area contributed by atoms with Crippen LogP contribution in [0.3, 0.4) is 0 Å². The molecule has 1 aromatic heterocycles. The van der Waals surface area contributed by atoms with E-state index in [0.717, 1.165) is 54.6 Å². The summed E-state index contributed by atoms with van der Waals surface area (Å²) in [5.74, 6) is 0.576. The van der Waals surface area contributed by atoms with E-state index in [1.54, 1.807) is 0 Å². The van der Waals surface area contributed by atoms with Gasteiger partial charge < -0.3 is 14.8 Å². The first-order valence-corrected chi connectivity index (χ1v) is 15.0. The molecule has 0 radical (unpaired) electrons. The number of likely N-dealkylation sites (tertiary alicyclic amines) is 1. The number of piperazine rings is 1. The van der Waals surface area contributed by atoms with Crippen molar-refractivity contribution in [1.29, 1.82) is 0 Å². The van der Waals surface area contributed by atoms with Gasteiger partial charge in [-0.3, -0.25) is 14.5 Å². The predicted molar refractivity (Wildman–Crippen MR) is 161 cm³/mol. The number of hydrogen-bond acceptors (Lipinski definition) is 3. The van der Waals surface area contributed by atoms with Crippen molar-refractivity contribution in [3.8, 4) is 0 Å². The van der Waals surface area contributed by atoms with Crippen LogP contribution in [0.1, 0.15) is 66.6 Å². The van der Waals surface area contributed by atoms with E-state index in [-0.39, 0.29) is 30.4 Å². The van der Waals surface area contributed by atoms with Gasteiger partial charge in [-0.2, -0.15) is 0 Å². The molecule has 0 unspecified atom stereocenters. The first kappa shape index (κ1) is 26.0. The summed E-state index contributed by atoms with van der Waals surface area (Å²) in [7, 11) is 0. The maximum Gasteiger partial charge on any atom is 0.246 e. The fourth-order valence-corrected chi connectivity index (χ4v) is 7.24. The second-order valence-electron chi connectivity index (χ2n) is 12.3. The molecule has 2 amide bonds. The summed E-state index contributed by atoms with van der Waals surface area (Å²) in [5, 5.41) is 1.15. The number of carbonyl (C=O) groups is 2. The summed E-state index contributed by atoms with van der Waals surface area (Å²) < 4.78 is 0. The molecule has 210 valence electrons. The van der Waals surface area contributed by atoms with E-state index >= 15 is 0 Å². The highest BCUT2D eigenvalue weighted by Gasteiger charge is 2.49. The van der Waals surface area contributed by atoms with E-state index < -0.39 is 6.04 Å². The lowest BCUT2D eigenvalue weighted by Gasteiger charge is -2.49. The van der Waals surface area contributed by atoms with Crippen LogP contribution in [0, 0.1) is 0 Å². The number of H-pyrrole nitrogens is 1. The quantitative estimate of drug-likeness (QED) is 0.352. The van der Waals surface area contributed by atoms with Crippen molar-refractivity contribution in [1.82, 2.24) is 19.7 Å². The molecule has 6 heteroatoms. The Kier molecular flexibility index (Phi) is 6.66. The molecule has 3 aliphatic rings. The minimum Gasteiger partial charge on any atom is -0.356 e. The fraction of sp³-hybridized carbons (Fsp3) is 0.371. The zero-order chi connectivity index (χ0) is 28.1. The zero-order valence-electron chi connectivity index (χ0n) is 23.9. The van der Waals surface area contributed by atoms with Gasteiger partial charge in [0.1, 0.15) is 12.6 Å². The second kappa shape index (κ2) is 10.5. The molecule has 4 heterocycles. The lowest BCUT2D eigenvalue weighted by atomic mass is 9.85. The SMILES string of the molecule is CC(C)c1ccc([C@@H]2c3[nH]c4ccccc4c3C[C@H]3C(=O)N(C4CCN(Cc5ccccc5)CC4)CC(=O)N23)cc1.